The Balaban J connectivity index is 2.25. The second kappa shape index (κ2) is 11.2. The van der Waals surface area contributed by atoms with Crippen LogP contribution in [0.3, 0.4) is 0 Å². The van der Waals surface area contributed by atoms with Gasteiger partial charge in [-0.2, -0.15) is 0 Å². The first-order valence-corrected chi connectivity index (χ1v) is 9.34. The Kier molecular flexibility index (Phi) is 8.45. The van der Waals surface area contributed by atoms with Crippen molar-refractivity contribution in [2.75, 3.05) is 0 Å². The fraction of sp³-hybridized carbons (Fsp3) is 0. The van der Waals surface area contributed by atoms with Crippen molar-refractivity contribution in [1.29, 1.82) is 0 Å². The third-order valence-corrected chi connectivity index (χ3v) is 4.04. The van der Waals surface area contributed by atoms with Crippen molar-refractivity contribution in [3.63, 3.8) is 0 Å². The summed E-state index contributed by atoms with van der Waals surface area (Å²) in [5.74, 6) is -2.53. The summed E-state index contributed by atoms with van der Waals surface area (Å²) in [6, 6.07) is 8.54. The molecular formula is C24H17ClO7. The highest BCUT2D eigenvalue weighted by atomic mass is 35.5. The summed E-state index contributed by atoms with van der Waals surface area (Å²) in [6.07, 6.45) is 5.63. The lowest BCUT2D eigenvalue weighted by atomic mass is 10.1. The molecule has 0 N–H and O–H groups in total. The van der Waals surface area contributed by atoms with Gasteiger partial charge in [0, 0.05) is 23.8 Å². The van der Waals surface area contributed by atoms with Crippen molar-refractivity contribution in [3.8, 4) is 17.2 Å². The van der Waals surface area contributed by atoms with E-state index in [1.807, 2.05) is 0 Å². The van der Waals surface area contributed by atoms with Gasteiger partial charge in [-0.05, 0) is 42.0 Å². The molecule has 2 aromatic rings. The molecule has 2 aromatic carbocycles. The lowest BCUT2D eigenvalue weighted by Gasteiger charge is -2.09. The quantitative estimate of drug-likeness (QED) is 0.239. The number of halogens is 1. The number of carbonyl (C=O) groups is 4. The second-order valence-electron chi connectivity index (χ2n) is 5.92. The fourth-order valence-corrected chi connectivity index (χ4v) is 2.47. The van der Waals surface area contributed by atoms with E-state index in [1.54, 1.807) is 6.07 Å². The summed E-state index contributed by atoms with van der Waals surface area (Å²) in [7, 11) is 0. The molecule has 2 rings (SSSR count). The monoisotopic (exact) mass is 452 g/mol. The van der Waals surface area contributed by atoms with Crippen LogP contribution in [0.5, 0.6) is 17.2 Å². The number of hydrogen-bond donors (Lipinski definition) is 0. The van der Waals surface area contributed by atoms with Crippen LogP contribution in [0.25, 0.3) is 6.08 Å². The predicted octanol–water partition coefficient (Wildman–Crippen LogP) is 4.51. The van der Waals surface area contributed by atoms with Gasteiger partial charge in [0.2, 0.25) is 0 Å². The highest BCUT2D eigenvalue weighted by molar-refractivity contribution is 6.32. The van der Waals surface area contributed by atoms with Crippen molar-refractivity contribution in [3.05, 3.63) is 96.6 Å². The minimum Gasteiger partial charge on any atom is -0.422 e. The molecule has 0 aliphatic rings. The van der Waals surface area contributed by atoms with Crippen LogP contribution in [0.2, 0.25) is 5.02 Å². The largest absolute Gasteiger partial charge is 0.422 e. The zero-order valence-electron chi connectivity index (χ0n) is 16.7. The number of carbonyl (C=O) groups excluding carboxylic acids is 4. The molecule has 0 aliphatic heterocycles. The number of allylic oxidation sites excluding steroid dienone is 1. The van der Waals surface area contributed by atoms with Gasteiger partial charge in [0.05, 0.1) is 5.02 Å². The van der Waals surface area contributed by atoms with Gasteiger partial charge in [0.25, 0.3) is 0 Å². The molecule has 8 heteroatoms. The van der Waals surface area contributed by atoms with Gasteiger partial charge < -0.3 is 14.2 Å². The third kappa shape index (κ3) is 6.65. The summed E-state index contributed by atoms with van der Waals surface area (Å²) in [6.45, 7) is 9.91. The Labute approximate surface area is 188 Å². The molecule has 0 fully saturated rings. The molecule has 0 amide bonds. The Morgan fingerprint density at radius 2 is 1.25 bits per heavy atom. The normalized spacial score (nSPS) is 10.2. The van der Waals surface area contributed by atoms with E-state index in [0.29, 0.717) is 5.56 Å². The predicted molar refractivity (Wildman–Crippen MR) is 119 cm³/mol. The molecule has 0 radical (unpaired) electrons. The Hall–Kier alpha value is -4.23. The molecule has 0 unspecified atom stereocenters. The lowest BCUT2D eigenvalue weighted by molar-refractivity contribution is -0.131. The van der Waals surface area contributed by atoms with Crippen LogP contribution < -0.4 is 14.2 Å². The Morgan fingerprint density at radius 1 is 0.719 bits per heavy atom. The summed E-state index contributed by atoms with van der Waals surface area (Å²) in [4.78, 5) is 46.8. The number of esters is 3. The van der Waals surface area contributed by atoms with E-state index in [1.165, 1.54) is 42.5 Å². The summed E-state index contributed by atoms with van der Waals surface area (Å²) < 4.78 is 15.1. The van der Waals surface area contributed by atoms with Gasteiger partial charge >= 0.3 is 17.9 Å². The molecule has 0 bridgehead atoms. The fourth-order valence-electron chi connectivity index (χ4n) is 2.25. The van der Waals surface area contributed by atoms with E-state index >= 15 is 0 Å². The molecule has 0 saturated carbocycles. The standard InChI is InChI=1S/C24H17ClO7/c1-4-22(27)30-19-12-9-16(14-17(19)25)18(26)10-7-15-8-11-20(31-23(28)5-2)21(13-15)32-24(29)6-3/h4-14H,1-3H2. The SMILES string of the molecule is C=CC(=O)Oc1ccc(C(=O)C=Cc2ccc(OC(=O)C=C)c(OC(=O)C=C)c2)cc1Cl. The minimum atomic E-state index is -0.759. The van der Waals surface area contributed by atoms with E-state index in [4.69, 9.17) is 25.8 Å². The van der Waals surface area contributed by atoms with E-state index in [-0.39, 0.29) is 33.6 Å². The molecule has 0 aromatic heterocycles. The van der Waals surface area contributed by atoms with Crippen molar-refractivity contribution in [2.45, 2.75) is 0 Å². The van der Waals surface area contributed by atoms with Crippen LogP contribution in [-0.4, -0.2) is 23.7 Å². The average Bonchev–Trinajstić information content (AvgIpc) is 2.79. The van der Waals surface area contributed by atoms with Crippen LogP contribution in [-0.2, 0) is 14.4 Å². The van der Waals surface area contributed by atoms with Crippen molar-refractivity contribution < 1.29 is 33.4 Å². The first-order chi connectivity index (χ1) is 15.3. The molecule has 162 valence electrons. The number of hydrogen-bond acceptors (Lipinski definition) is 7. The van der Waals surface area contributed by atoms with Crippen LogP contribution in [0.1, 0.15) is 15.9 Å². The summed E-state index contributed by atoms with van der Waals surface area (Å²) in [5.41, 5.74) is 0.728. The minimum absolute atomic E-state index is 0.00924. The molecule has 0 spiro atoms. The van der Waals surface area contributed by atoms with E-state index < -0.39 is 17.9 Å². The van der Waals surface area contributed by atoms with Gasteiger partial charge in [0.15, 0.2) is 17.3 Å². The van der Waals surface area contributed by atoms with Crippen LogP contribution in [0.15, 0.2) is 80.4 Å². The van der Waals surface area contributed by atoms with Gasteiger partial charge in [-0.3, -0.25) is 4.79 Å². The van der Waals surface area contributed by atoms with Crippen LogP contribution in [0.4, 0.5) is 0 Å². The molecule has 0 saturated heterocycles. The lowest BCUT2D eigenvalue weighted by Crippen LogP contribution is -2.08. The van der Waals surface area contributed by atoms with Crippen molar-refractivity contribution in [1.82, 2.24) is 0 Å². The average molecular weight is 453 g/mol. The Bertz CT molecular complexity index is 1150. The van der Waals surface area contributed by atoms with E-state index in [2.05, 4.69) is 19.7 Å². The van der Waals surface area contributed by atoms with Crippen molar-refractivity contribution >= 4 is 41.4 Å². The van der Waals surface area contributed by atoms with Crippen LogP contribution >= 0.6 is 11.6 Å². The zero-order chi connectivity index (χ0) is 23.7. The highest BCUT2D eigenvalue weighted by Gasteiger charge is 2.13. The molecule has 0 heterocycles. The first kappa shape index (κ1) is 24.0. The Morgan fingerprint density at radius 3 is 1.81 bits per heavy atom. The number of benzene rings is 2. The molecule has 7 nitrogen and oxygen atoms in total. The van der Waals surface area contributed by atoms with Gasteiger partial charge in [0.1, 0.15) is 5.75 Å². The molecular weight excluding hydrogens is 436 g/mol. The summed E-state index contributed by atoms with van der Waals surface area (Å²) in [5, 5.41) is 0.0754. The first-order valence-electron chi connectivity index (χ1n) is 8.96. The molecule has 0 aliphatic carbocycles. The maximum atomic E-state index is 12.5. The van der Waals surface area contributed by atoms with Gasteiger partial charge in [-0.1, -0.05) is 43.5 Å². The van der Waals surface area contributed by atoms with Gasteiger partial charge in [-0.15, -0.1) is 0 Å². The summed E-state index contributed by atoms with van der Waals surface area (Å²) >= 11 is 6.05. The maximum absolute atomic E-state index is 12.5. The highest BCUT2D eigenvalue weighted by Crippen LogP contribution is 2.30. The second-order valence-corrected chi connectivity index (χ2v) is 6.33. The van der Waals surface area contributed by atoms with E-state index in [9.17, 15) is 19.2 Å². The number of ether oxygens (including phenoxy) is 3. The molecule has 32 heavy (non-hydrogen) atoms. The maximum Gasteiger partial charge on any atom is 0.335 e. The third-order valence-electron chi connectivity index (χ3n) is 3.74. The zero-order valence-corrected chi connectivity index (χ0v) is 17.5. The topological polar surface area (TPSA) is 96.0 Å². The van der Waals surface area contributed by atoms with Gasteiger partial charge in [-0.25, -0.2) is 14.4 Å². The smallest absolute Gasteiger partial charge is 0.335 e. The van der Waals surface area contributed by atoms with E-state index in [0.717, 1.165) is 18.2 Å². The number of ketones is 1. The number of rotatable bonds is 9. The van der Waals surface area contributed by atoms with Crippen molar-refractivity contribution in [2.24, 2.45) is 0 Å². The molecule has 0 atom stereocenters. The van der Waals surface area contributed by atoms with Crippen LogP contribution in [0, 0.1) is 0 Å².